The number of aromatic nitrogens is 1. The van der Waals surface area contributed by atoms with E-state index in [2.05, 4.69) is 9.71 Å². The quantitative estimate of drug-likeness (QED) is 0.859. The lowest BCUT2D eigenvalue weighted by molar-refractivity contribution is 0.580. The van der Waals surface area contributed by atoms with Crippen LogP contribution in [0.1, 0.15) is 5.56 Å². The molecule has 94 valence electrons. The summed E-state index contributed by atoms with van der Waals surface area (Å²) in [5.74, 6) is 0. The van der Waals surface area contributed by atoms with Crippen LogP contribution in [0.5, 0.6) is 0 Å². The second kappa shape index (κ2) is 5.16. The molecule has 0 aliphatic heterocycles. The molecule has 1 heterocycles. The molecule has 0 unspecified atom stereocenters. The van der Waals surface area contributed by atoms with Crippen molar-refractivity contribution in [2.45, 2.75) is 11.4 Å². The second-order valence-electron chi connectivity index (χ2n) is 3.67. The lowest BCUT2D eigenvalue weighted by Crippen LogP contribution is -2.28. The van der Waals surface area contributed by atoms with Gasteiger partial charge in [-0.15, -0.1) is 0 Å². The minimum Gasteiger partial charge on any atom is -0.328 e. The zero-order valence-electron chi connectivity index (χ0n) is 9.46. The van der Waals surface area contributed by atoms with Crippen LogP contribution in [0.2, 0.25) is 0 Å². The lowest BCUT2D eigenvalue weighted by atomic mass is 10.2. The number of rotatable bonds is 4. The highest BCUT2D eigenvalue weighted by Crippen LogP contribution is 2.03. The molecule has 2 aromatic rings. The largest absolute Gasteiger partial charge is 0.328 e. The standard InChI is InChI=1S/C12H12N2O3S/c15-12-11(7-4-8-13-12)18(16,17)14-9-10-5-2-1-3-6-10/h1-8,14H,9H2,(H,13,15). The van der Waals surface area contributed by atoms with Crippen molar-refractivity contribution in [1.29, 1.82) is 0 Å². The van der Waals surface area contributed by atoms with Gasteiger partial charge in [-0.1, -0.05) is 30.3 Å². The minimum absolute atomic E-state index is 0.150. The lowest BCUT2D eigenvalue weighted by Gasteiger charge is -2.05. The molecule has 0 bridgehead atoms. The summed E-state index contributed by atoms with van der Waals surface area (Å²) < 4.78 is 26.2. The smallest absolute Gasteiger partial charge is 0.268 e. The summed E-state index contributed by atoms with van der Waals surface area (Å²) in [7, 11) is -3.78. The van der Waals surface area contributed by atoms with E-state index in [1.54, 1.807) is 12.1 Å². The molecule has 2 N–H and O–H groups in total. The van der Waals surface area contributed by atoms with Crippen molar-refractivity contribution >= 4 is 10.0 Å². The number of sulfonamides is 1. The van der Waals surface area contributed by atoms with E-state index in [0.29, 0.717) is 0 Å². The minimum atomic E-state index is -3.78. The Morgan fingerprint density at radius 1 is 1.06 bits per heavy atom. The highest BCUT2D eigenvalue weighted by Gasteiger charge is 2.16. The molecule has 2 rings (SSSR count). The molecule has 0 aliphatic carbocycles. The topological polar surface area (TPSA) is 79.0 Å². The molecular formula is C12H12N2O3S. The third kappa shape index (κ3) is 2.85. The van der Waals surface area contributed by atoms with Crippen LogP contribution in [0.25, 0.3) is 0 Å². The highest BCUT2D eigenvalue weighted by molar-refractivity contribution is 7.89. The van der Waals surface area contributed by atoms with Crippen LogP contribution in [-0.4, -0.2) is 13.4 Å². The Morgan fingerprint density at radius 2 is 1.78 bits per heavy atom. The van der Waals surface area contributed by atoms with Crippen molar-refractivity contribution in [2.75, 3.05) is 0 Å². The fraction of sp³-hybridized carbons (Fsp3) is 0.0833. The van der Waals surface area contributed by atoms with Crippen molar-refractivity contribution < 1.29 is 8.42 Å². The molecule has 0 radical (unpaired) electrons. The van der Waals surface area contributed by atoms with Crippen LogP contribution in [0, 0.1) is 0 Å². The Morgan fingerprint density at radius 3 is 2.44 bits per heavy atom. The number of hydrogen-bond donors (Lipinski definition) is 2. The first-order valence-electron chi connectivity index (χ1n) is 5.31. The van der Waals surface area contributed by atoms with Crippen LogP contribution in [0.4, 0.5) is 0 Å². The van der Waals surface area contributed by atoms with Crippen LogP contribution in [-0.2, 0) is 16.6 Å². The van der Waals surface area contributed by atoms with Gasteiger partial charge >= 0.3 is 0 Å². The summed E-state index contributed by atoms with van der Waals surface area (Å²) in [5, 5.41) is 0. The molecule has 0 aliphatic rings. The SMILES string of the molecule is O=c1[nH]cccc1S(=O)(=O)NCc1ccccc1. The van der Waals surface area contributed by atoms with Gasteiger partial charge in [0.05, 0.1) is 0 Å². The molecule has 1 aromatic carbocycles. The first-order chi connectivity index (χ1) is 8.59. The van der Waals surface area contributed by atoms with Crippen LogP contribution in [0.15, 0.2) is 58.4 Å². The summed E-state index contributed by atoms with van der Waals surface area (Å²) in [4.78, 5) is 13.5. The maximum atomic E-state index is 11.9. The van der Waals surface area contributed by atoms with E-state index in [9.17, 15) is 13.2 Å². The van der Waals surface area contributed by atoms with Crippen LogP contribution in [0.3, 0.4) is 0 Å². The molecule has 0 saturated heterocycles. The predicted molar refractivity (Wildman–Crippen MR) is 67.5 cm³/mol. The molecule has 0 saturated carbocycles. The van der Waals surface area contributed by atoms with E-state index in [1.165, 1.54) is 18.3 Å². The summed E-state index contributed by atoms with van der Waals surface area (Å²) >= 11 is 0. The molecule has 6 heteroatoms. The number of nitrogens with one attached hydrogen (secondary N) is 2. The highest BCUT2D eigenvalue weighted by atomic mass is 32.2. The number of benzene rings is 1. The monoisotopic (exact) mass is 264 g/mol. The molecule has 0 fully saturated rings. The van der Waals surface area contributed by atoms with Crippen molar-refractivity contribution in [3.8, 4) is 0 Å². The van der Waals surface area contributed by atoms with E-state index in [4.69, 9.17) is 0 Å². The first-order valence-corrected chi connectivity index (χ1v) is 6.79. The molecular weight excluding hydrogens is 252 g/mol. The zero-order valence-corrected chi connectivity index (χ0v) is 10.3. The van der Waals surface area contributed by atoms with Crippen molar-refractivity contribution in [1.82, 2.24) is 9.71 Å². The Hall–Kier alpha value is -1.92. The predicted octanol–water partition coefficient (Wildman–Crippen LogP) is 0.853. The third-order valence-corrected chi connectivity index (χ3v) is 3.81. The van der Waals surface area contributed by atoms with Gasteiger partial charge in [0.2, 0.25) is 10.0 Å². The number of pyridine rings is 1. The average molecular weight is 264 g/mol. The van der Waals surface area contributed by atoms with Gasteiger partial charge in [-0.3, -0.25) is 4.79 Å². The van der Waals surface area contributed by atoms with Gasteiger partial charge in [0.25, 0.3) is 5.56 Å². The van der Waals surface area contributed by atoms with Crippen LogP contribution < -0.4 is 10.3 Å². The van der Waals surface area contributed by atoms with Crippen molar-refractivity contribution in [3.05, 3.63) is 64.6 Å². The zero-order chi connectivity index (χ0) is 13.0. The molecule has 5 nitrogen and oxygen atoms in total. The Labute approximate surface area is 105 Å². The van der Waals surface area contributed by atoms with Gasteiger partial charge in [0.1, 0.15) is 4.90 Å². The summed E-state index contributed by atoms with van der Waals surface area (Å²) in [6.45, 7) is 0.150. The van der Waals surface area contributed by atoms with Gasteiger partial charge in [-0.25, -0.2) is 13.1 Å². The number of aromatic amines is 1. The molecule has 18 heavy (non-hydrogen) atoms. The summed E-state index contributed by atoms with van der Waals surface area (Å²) in [6, 6.07) is 11.8. The van der Waals surface area contributed by atoms with E-state index in [0.717, 1.165) is 5.56 Å². The maximum absolute atomic E-state index is 11.9. The van der Waals surface area contributed by atoms with E-state index in [1.807, 2.05) is 18.2 Å². The second-order valence-corrected chi connectivity index (χ2v) is 5.41. The first kappa shape index (κ1) is 12.5. The molecule has 0 atom stereocenters. The van der Waals surface area contributed by atoms with E-state index in [-0.39, 0.29) is 11.4 Å². The fourth-order valence-electron chi connectivity index (χ4n) is 1.47. The molecule has 1 aromatic heterocycles. The van der Waals surface area contributed by atoms with Crippen LogP contribution >= 0.6 is 0 Å². The van der Waals surface area contributed by atoms with E-state index < -0.39 is 15.6 Å². The summed E-state index contributed by atoms with van der Waals surface area (Å²) in [6.07, 6.45) is 1.39. The average Bonchev–Trinajstić information content (AvgIpc) is 2.38. The molecule has 0 amide bonds. The maximum Gasteiger partial charge on any atom is 0.268 e. The van der Waals surface area contributed by atoms with Crippen molar-refractivity contribution in [3.63, 3.8) is 0 Å². The summed E-state index contributed by atoms with van der Waals surface area (Å²) in [5.41, 5.74) is 0.200. The number of hydrogen-bond acceptors (Lipinski definition) is 3. The Bertz CT molecular complexity index is 678. The van der Waals surface area contributed by atoms with E-state index >= 15 is 0 Å². The Kier molecular flexibility index (Phi) is 3.59. The normalized spacial score (nSPS) is 11.3. The van der Waals surface area contributed by atoms with Gasteiger partial charge < -0.3 is 4.98 Å². The fourth-order valence-corrected chi connectivity index (χ4v) is 2.54. The molecule has 0 spiro atoms. The third-order valence-electron chi connectivity index (χ3n) is 2.38. The van der Waals surface area contributed by atoms with Gasteiger partial charge in [0, 0.05) is 12.7 Å². The Balaban J connectivity index is 2.19. The number of H-pyrrole nitrogens is 1. The van der Waals surface area contributed by atoms with Gasteiger partial charge in [-0.05, 0) is 17.7 Å². The van der Waals surface area contributed by atoms with Gasteiger partial charge in [0.15, 0.2) is 0 Å². The van der Waals surface area contributed by atoms with Crippen molar-refractivity contribution in [2.24, 2.45) is 0 Å². The van der Waals surface area contributed by atoms with Gasteiger partial charge in [-0.2, -0.15) is 0 Å².